The molecule has 0 bridgehead atoms. The maximum Gasteiger partial charge on any atom is 0.162 e. The maximum absolute atomic E-state index is 12.6. The van der Waals surface area contributed by atoms with Crippen LogP contribution in [0.25, 0.3) is 0 Å². The summed E-state index contributed by atoms with van der Waals surface area (Å²) in [6.07, 6.45) is 10.4. The van der Waals surface area contributed by atoms with E-state index in [1.807, 2.05) is 18.4 Å². The molecule has 104 valence electrons. The summed E-state index contributed by atoms with van der Waals surface area (Å²) in [4.78, 5) is 14.8. The highest BCUT2D eigenvalue weighted by molar-refractivity contribution is 5.93. The van der Waals surface area contributed by atoms with Gasteiger partial charge in [-0.2, -0.15) is 0 Å². The number of methoxy groups -OCH3 is 1. The predicted octanol–water partition coefficient (Wildman–Crippen LogP) is 3.19. The molecule has 0 aromatic rings. The standard InChI is InChI=1S/C16H23NO2/c1-4-10-17-11-8-14(19-3)12-13(2)16(17)9-6-5-7-15(16)18/h8,11-12H,2,4-7,9-10H2,1,3H3/t16-/m0/s1. The Morgan fingerprint density at radius 3 is 2.89 bits per heavy atom. The third-order valence-corrected chi connectivity index (χ3v) is 4.11. The molecule has 1 aliphatic heterocycles. The summed E-state index contributed by atoms with van der Waals surface area (Å²) in [7, 11) is 1.65. The zero-order chi connectivity index (χ0) is 13.9. The summed E-state index contributed by atoms with van der Waals surface area (Å²) in [6.45, 7) is 7.17. The lowest BCUT2D eigenvalue weighted by molar-refractivity contribution is -0.129. The number of allylic oxidation sites excluding steroid dienone is 1. The molecule has 1 aliphatic carbocycles. The van der Waals surface area contributed by atoms with Crippen molar-refractivity contribution in [1.82, 2.24) is 4.90 Å². The van der Waals surface area contributed by atoms with Gasteiger partial charge < -0.3 is 9.64 Å². The molecule has 1 atom stereocenters. The molecular formula is C16H23NO2. The Morgan fingerprint density at radius 1 is 1.47 bits per heavy atom. The SMILES string of the molecule is C=C1C=C(OC)C=CN(CCC)[C@@]12CCCCC2=O. The van der Waals surface area contributed by atoms with Gasteiger partial charge in [0, 0.05) is 19.2 Å². The molecule has 0 aromatic carbocycles. The van der Waals surface area contributed by atoms with Gasteiger partial charge >= 0.3 is 0 Å². The van der Waals surface area contributed by atoms with Gasteiger partial charge in [0.1, 0.15) is 11.3 Å². The zero-order valence-electron chi connectivity index (χ0n) is 11.9. The van der Waals surface area contributed by atoms with E-state index >= 15 is 0 Å². The van der Waals surface area contributed by atoms with Gasteiger partial charge in [-0.3, -0.25) is 4.79 Å². The average molecular weight is 261 g/mol. The second-order valence-corrected chi connectivity index (χ2v) is 5.28. The third-order valence-electron chi connectivity index (χ3n) is 4.11. The second kappa shape index (κ2) is 5.64. The first kappa shape index (κ1) is 13.9. The molecule has 3 nitrogen and oxygen atoms in total. The molecule has 0 aromatic heterocycles. The lowest BCUT2D eigenvalue weighted by Crippen LogP contribution is -2.54. The zero-order valence-corrected chi connectivity index (χ0v) is 11.9. The monoisotopic (exact) mass is 261 g/mol. The van der Waals surface area contributed by atoms with Gasteiger partial charge in [0.25, 0.3) is 0 Å². The number of carbonyl (C=O) groups is 1. The van der Waals surface area contributed by atoms with Gasteiger partial charge in [-0.15, -0.1) is 0 Å². The lowest BCUT2D eigenvalue weighted by atomic mass is 9.74. The summed E-state index contributed by atoms with van der Waals surface area (Å²) in [5.41, 5.74) is 0.331. The molecule has 0 unspecified atom stereocenters. The van der Waals surface area contributed by atoms with Crippen molar-refractivity contribution in [3.8, 4) is 0 Å². The highest BCUT2D eigenvalue weighted by atomic mass is 16.5. The van der Waals surface area contributed by atoms with Crippen molar-refractivity contribution in [2.75, 3.05) is 13.7 Å². The van der Waals surface area contributed by atoms with Crippen molar-refractivity contribution < 1.29 is 9.53 Å². The minimum absolute atomic E-state index is 0.301. The summed E-state index contributed by atoms with van der Waals surface area (Å²) in [5.74, 6) is 1.07. The van der Waals surface area contributed by atoms with Crippen LogP contribution < -0.4 is 0 Å². The smallest absolute Gasteiger partial charge is 0.162 e. The van der Waals surface area contributed by atoms with Crippen LogP contribution in [-0.4, -0.2) is 29.9 Å². The van der Waals surface area contributed by atoms with Crippen LogP contribution in [0.4, 0.5) is 0 Å². The largest absolute Gasteiger partial charge is 0.497 e. The Balaban J connectivity index is 2.45. The lowest BCUT2D eigenvalue weighted by Gasteiger charge is -2.44. The summed E-state index contributed by atoms with van der Waals surface area (Å²) in [5, 5.41) is 0. The summed E-state index contributed by atoms with van der Waals surface area (Å²) >= 11 is 0. The fourth-order valence-corrected chi connectivity index (χ4v) is 3.10. The number of ether oxygens (including phenoxy) is 1. The molecule has 3 heteroatoms. The van der Waals surface area contributed by atoms with E-state index < -0.39 is 5.54 Å². The fourth-order valence-electron chi connectivity index (χ4n) is 3.10. The Morgan fingerprint density at radius 2 is 2.26 bits per heavy atom. The minimum Gasteiger partial charge on any atom is -0.497 e. The van der Waals surface area contributed by atoms with E-state index in [2.05, 4.69) is 18.4 Å². The molecule has 19 heavy (non-hydrogen) atoms. The first-order valence-electron chi connectivity index (χ1n) is 7.08. The molecular weight excluding hydrogens is 238 g/mol. The first-order chi connectivity index (χ1) is 9.15. The number of rotatable bonds is 3. The first-order valence-corrected chi connectivity index (χ1v) is 7.08. The van der Waals surface area contributed by atoms with Gasteiger partial charge in [-0.25, -0.2) is 0 Å². The van der Waals surface area contributed by atoms with Gasteiger partial charge in [0.2, 0.25) is 0 Å². The Kier molecular flexibility index (Phi) is 4.13. The Hall–Kier alpha value is -1.51. The number of nitrogens with zero attached hydrogens (tertiary/aromatic N) is 1. The van der Waals surface area contributed by atoms with E-state index in [9.17, 15) is 4.79 Å². The highest BCUT2D eigenvalue weighted by Gasteiger charge is 2.45. The van der Waals surface area contributed by atoms with Crippen molar-refractivity contribution in [1.29, 1.82) is 0 Å². The molecule has 1 heterocycles. The van der Waals surface area contributed by atoms with Crippen molar-refractivity contribution in [3.63, 3.8) is 0 Å². The van der Waals surface area contributed by atoms with Crippen LogP contribution in [0.3, 0.4) is 0 Å². The molecule has 0 N–H and O–H groups in total. The van der Waals surface area contributed by atoms with Gasteiger partial charge in [-0.05, 0) is 43.4 Å². The Bertz CT molecular complexity index is 436. The van der Waals surface area contributed by atoms with E-state index in [0.717, 1.165) is 43.6 Å². The van der Waals surface area contributed by atoms with E-state index in [4.69, 9.17) is 4.74 Å². The molecule has 1 spiro atoms. The number of carbonyl (C=O) groups excluding carboxylic acids is 1. The van der Waals surface area contributed by atoms with Crippen molar-refractivity contribution in [3.05, 3.63) is 36.3 Å². The van der Waals surface area contributed by atoms with Gasteiger partial charge in [0.05, 0.1) is 7.11 Å². The number of Topliss-reactive ketones (excluding diaryl/α,β-unsaturated/α-hetero) is 1. The minimum atomic E-state index is -0.537. The fraction of sp³-hybridized carbons (Fsp3) is 0.562. The molecule has 2 aliphatic rings. The van der Waals surface area contributed by atoms with Crippen molar-refractivity contribution in [2.24, 2.45) is 0 Å². The second-order valence-electron chi connectivity index (χ2n) is 5.28. The van der Waals surface area contributed by atoms with Gasteiger partial charge in [0.15, 0.2) is 5.78 Å². The van der Waals surface area contributed by atoms with E-state index in [1.165, 1.54) is 0 Å². The van der Waals surface area contributed by atoms with Crippen molar-refractivity contribution in [2.45, 2.75) is 44.6 Å². The molecule has 0 amide bonds. The van der Waals surface area contributed by atoms with E-state index in [0.29, 0.717) is 12.2 Å². The highest BCUT2D eigenvalue weighted by Crippen LogP contribution is 2.39. The topological polar surface area (TPSA) is 29.5 Å². The van der Waals surface area contributed by atoms with Crippen LogP contribution in [-0.2, 0) is 9.53 Å². The third kappa shape index (κ3) is 2.34. The summed E-state index contributed by atoms with van der Waals surface area (Å²) in [6, 6.07) is 0. The van der Waals surface area contributed by atoms with E-state index in [1.54, 1.807) is 7.11 Å². The van der Waals surface area contributed by atoms with Crippen LogP contribution >= 0.6 is 0 Å². The maximum atomic E-state index is 12.6. The molecule has 1 saturated carbocycles. The van der Waals surface area contributed by atoms with Crippen LogP contribution in [0.15, 0.2) is 36.3 Å². The predicted molar refractivity (Wildman–Crippen MR) is 76.6 cm³/mol. The van der Waals surface area contributed by atoms with Crippen LogP contribution in [0.5, 0.6) is 0 Å². The normalized spacial score (nSPS) is 27.5. The number of hydrogen-bond acceptors (Lipinski definition) is 3. The van der Waals surface area contributed by atoms with E-state index in [-0.39, 0.29) is 0 Å². The van der Waals surface area contributed by atoms with Gasteiger partial charge in [-0.1, -0.05) is 13.5 Å². The van der Waals surface area contributed by atoms with Crippen LogP contribution in [0, 0.1) is 0 Å². The van der Waals surface area contributed by atoms with Crippen LogP contribution in [0.2, 0.25) is 0 Å². The number of hydrogen-bond donors (Lipinski definition) is 0. The van der Waals surface area contributed by atoms with Crippen LogP contribution in [0.1, 0.15) is 39.0 Å². The quantitative estimate of drug-likeness (QED) is 0.781. The summed E-state index contributed by atoms with van der Waals surface area (Å²) < 4.78 is 5.31. The molecule has 0 radical (unpaired) electrons. The molecule has 0 saturated heterocycles. The molecule has 2 rings (SSSR count). The Labute approximate surface area is 115 Å². The van der Waals surface area contributed by atoms with Crippen molar-refractivity contribution >= 4 is 5.78 Å². The molecule has 1 fully saturated rings. The average Bonchev–Trinajstić information content (AvgIpc) is 2.54. The number of ketones is 1.